The maximum Gasteiger partial charge on any atom is 0.303 e. The molecule has 0 unspecified atom stereocenters. The highest BCUT2D eigenvalue weighted by molar-refractivity contribution is 5.78. The van der Waals surface area contributed by atoms with Gasteiger partial charge < -0.3 is 14.5 Å². The van der Waals surface area contributed by atoms with Crippen LogP contribution in [0.25, 0.3) is 0 Å². The third-order valence-corrected chi connectivity index (χ3v) is 3.65. The number of carboxylic acids is 1. The lowest BCUT2D eigenvalue weighted by atomic mass is 9.93. The Bertz CT molecular complexity index is 483. The van der Waals surface area contributed by atoms with Crippen LogP contribution in [0, 0.1) is 12.8 Å². The summed E-state index contributed by atoms with van der Waals surface area (Å²) in [6.45, 7) is 3.20. The SMILES string of the molecule is Cc1cc(CC(=O)N2CCC[C@@H](CCC(=O)O)C2)no1. The first kappa shape index (κ1) is 14.6. The van der Waals surface area contributed by atoms with Crippen molar-refractivity contribution in [3.63, 3.8) is 0 Å². The lowest BCUT2D eigenvalue weighted by Crippen LogP contribution is -2.40. The molecular weight excluding hydrogens is 260 g/mol. The van der Waals surface area contributed by atoms with E-state index in [0.717, 1.165) is 19.4 Å². The van der Waals surface area contributed by atoms with Crippen molar-refractivity contribution >= 4 is 11.9 Å². The van der Waals surface area contributed by atoms with Gasteiger partial charge in [-0.3, -0.25) is 9.59 Å². The summed E-state index contributed by atoms with van der Waals surface area (Å²) in [5.41, 5.74) is 0.653. The molecule has 0 aromatic carbocycles. The van der Waals surface area contributed by atoms with Gasteiger partial charge in [0.05, 0.1) is 12.1 Å². The number of amides is 1. The molecule has 0 bridgehead atoms. The molecule has 1 atom stereocenters. The van der Waals surface area contributed by atoms with Crippen molar-refractivity contribution in [2.75, 3.05) is 13.1 Å². The van der Waals surface area contributed by atoms with Gasteiger partial charge in [0.1, 0.15) is 5.76 Å². The number of rotatable bonds is 5. The van der Waals surface area contributed by atoms with E-state index in [-0.39, 0.29) is 18.7 Å². The summed E-state index contributed by atoms with van der Waals surface area (Å²) in [6.07, 6.45) is 3.01. The third-order valence-electron chi connectivity index (χ3n) is 3.65. The number of carbonyl (C=O) groups is 2. The normalized spacial score (nSPS) is 19.1. The van der Waals surface area contributed by atoms with E-state index in [1.165, 1.54) is 0 Å². The van der Waals surface area contributed by atoms with Gasteiger partial charge in [0.25, 0.3) is 0 Å². The third kappa shape index (κ3) is 4.08. The number of carboxylic acid groups (broad SMARTS) is 1. The standard InChI is InChI=1S/C14H20N2O4/c1-10-7-12(15-20-10)8-13(17)16-6-2-3-11(9-16)4-5-14(18)19/h7,11H,2-6,8-9H2,1H3,(H,18,19)/t11-/m0/s1. The van der Waals surface area contributed by atoms with E-state index in [9.17, 15) is 9.59 Å². The zero-order chi connectivity index (χ0) is 14.5. The van der Waals surface area contributed by atoms with Gasteiger partial charge in [-0.1, -0.05) is 5.16 Å². The molecule has 0 aliphatic carbocycles. The van der Waals surface area contributed by atoms with Crippen molar-refractivity contribution in [2.45, 2.75) is 39.0 Å². The van der Waals surface area contributed by atoms with Gasteiger partial charge in [0, 0.05) is 25.6 Å². The topological polar surface area (TPSA) is 83.6 Å². The van der Waals surface area contributed by atoms with Crippen molar-refractivity contribution < 1.29 is 19.2 Å². The highest BCUT2D eigenvalue weighted by atomic mass is 16.5. The monoisotopic (exact) mass is 280 g/mol. The summed E-state index contributed by atoms with van der Waals surface area (Å²) in [6, 6.07) is 1.77. The number of hydrogen-bond donors (Lipinski definition) is 1. The fourth-order valence-electron chi connectivity index (χ4n) is 2.62. The second-order valence-corrected chi connectivity index (χ2v) is 5.39. The Balaban J connectivity index is 1.84. The highest BCUT2D eigenvalue weighted by Gasteiger charge is 2.24. The van der Waals surface area contributed by atoms with E-state index in [4.69, 9.17) is 9.63 Å². The second kappa shape index (κ2) is 6.54. The molecule has 0 saturated carbocycles. The van der Waals surface area contributed by atoms with E-state index in [2.05, 4.69) is 5.16 Å². The largest absolute Gasteiger partial charge is 0.481 e. The Morgan fingerprint density at radius 2 is 2.35 bits per heavy atom. The predicted octanol–water partition coefficient (Wildman–Crippen LogP) is 1.63. The zero-order valence-electron chi connectivity index (χ0n) is 11.7. The van der Waals surface area contributed by atoms with Crippen LogP contribution in [-0.4, -0.2) is 40.1 Å². The van der Waals surface area contributed by atoms with Crippen LogP contribution in [0.1, 0.15) is 37.1 Å². The van der Waals surface area contributed by atoms with Crippen LogP contribution in [0.4, 0.5) is 0 Å². The number of hydrogen-bond acceptors (Lipinski definition) is 4. The fraction of sp³-hybridized carbons (Fsp3) is 0.643. The molecule has 1 saturated heterocycles. The van der Waals surface area contributed by atoms with Crippen LogP contribution in [0.5, 0.6) is 0 Å². The zero-order valence-corrected chi connectivity index (χ0v) is 11.7. The quantitative estimate of drug-likeness (QED) is 0.886. The van der Waals surface area contributed by atoms with E-state index < -0.39 is 5.97 Å². The Morgan fingerprint density at radius 1 is 1.55 bits per heavy atom. The molecule has 6 heteroatoms. The van der Waals surface area contributed by atoms with E-state index in [1.54, 1.807) is 13.0 Å². The Morgan fingerprint density at radius 3 is 3.00 bits per heavy atom. The van der Waals surface area contributed by atoms with Gasteiger partial charge in [0.15, 0.2) is 0 Å². The number of aryl methyl sites for hydroxylation is 1. The van der Waals surface area contributed by atoms with Crippen LogP contribution in [-0.2, 0) is 16.0 Å². The first-order chi connectivity index (χ1) is 9.54. The van der Waals surface area contributed by atoms with Gasteiger partial charge in [-0.15, -0.1) is 0 Å². The number of aliphatic carboxylic acids is 1. The molecule has 1 amide bonds. The Kier molecular flexibility index (Phi) is 4.76. The maximum absolute atomic E-state index is 12.2. The second-order valence-electron chi connectivity index (χ2n) is 5.39. The van der Waals surface area contributed by atoms with Crippen LogP contribution in [0.2, 0.25) is 0 Å². The summed E-state index contributed by atoms with van der Waals surface area (Å²) in [5, 5.41) is 12.5. The molecule has 20 heavy (non-hydrogen) atoms. The van der Waals surface area contributed by atoms with Crippen LogP contribution in [0.3, 0.4) is 0 Å². The fourth-order valence-corrected chi connectivity index (χ4v) is 2.62. The number of carbonyl (C=O) groups excluding carboxylic acids is 1. The summed E-state index contributed by atoms with van der Waals surface area (Å²) >= 11 is 0. The molecule has 6 nitrogen and oxygen atoms in total. The van der Waals surface area contributed by atoms with E-state index in [0.29, 0.717) is 30.3 Å². The van der Waals surface area contributed by atoms with Gasteiger partial charge in [-0.2, -0.15) is 0 Å². The van der Waals surface area contributed by atoms with Crippen molar-refractivity contribution in [2.24, 2.45) is 5.92 Å². The lowest BCUT2D eigenvalue weighted by Gasteiger charge is -2.32. The molecule has 1 N–H and O–H groups in total. The molecule has 1 aromatic rings. The van der Waals surface area contributed by atoms with Crippen molar-refractivity contribution in [1.82, 2.24) is 10.1 Å². The number of aromatic nitrogens is 1. The first-order valence-electron chi connectivity index (χ1n) is 6.96. The summed E-state index contributed by atoms with van der Waals surface area (Å²) < 4.78 is 4.95. The number of nitrogens with zero attached hydrogens (tertiary/aromatic N) is 2. The van der Waals surface area contributed by atoms with Gasteiger partial charge in [-0.25, -0.2) is 0 Å². The van der Waals surface area contributed by atoms with E-state index in [1.807, 2.05) is 4.90 Å². The molecule has 1 aliphatic heterocycles. The van der Waals surface area contributed by atoms with Crippen LogP contribution in [0.15, 0.2) is 10.6 Å². The van der Waals surface area contributed by atoms with Crippen molar-refractivity contribution in [1.29, 1.82) is 0 Å². The molecular formula is C14H20N2O4. The minimum atomic E-state index is -0.772. The molecule has 1 fully saturated rings. The van der Waals surface area contributed by atoms with Gasteiger partial charge in [-0.05, 0) is 32.1 Å². The predicted molar refractivity (Wildman–Crippen MR) is 71.1 cm³/mol. The number of likely N-dealkylation sites (tertiary alicyclic amines) is 1. The van der Waals surface area contributed by atoms with Crippen LogP contribution < -0.4 is 0 Å². The molecule has 1 aliphatic rings. The Hall–Kier alpha value is -1.85. The minimum Gasteiger partial charge on any atom is -0.481 e. The van der Waals surface area contributed by atoms with E-state index >= 15 is 0 Å². The summed E-state index contributed by atoms with van der Waals surface area (Å²) in [5.74, 6) is 0.262. The molecule has 1 aromatic heterocycles. The Labute approximate surface area is 117 Å². The summed E-state index contributed by atoms with van der Waals surface area (Å²) in [4.78, 5) is 24.6. The van der Waals surface area contributed by atoms with Gasteiger partial charge in [0.2, 0.25) is 5.91 Å². The van der Waals surface area contributed by atoms with Crippen molar-refractivity contribution in [3.05, 3.63) is 17.5 Å². The molecule has 0 radical (unpaired) electrons. The summed E-state index contributed by atoms with van der Waals surface area (Å²) in [7, 11) is 0. The van der Waals surface area contributed by atoms with Crippen molar-refractivity contribution in [3.8, 4) is 0 Å². The smallest absolute Gasteiger partial charge is 0.303 e. The number of piperidine rings is 1. The highest BCUT2D eigenvalue weighted by Crippen LogP contribution is 2.21. The first-order valence-corrected chi connectivity index (χ1v) is 6.96. The molecule has 2 rings (SSSR count). The average Bonchev–Trinajstić information content (AvgIpc) is 2.82. The van der Waals surface area contributed by atoms with Crippen LogP contribution >= 0.6 is 0 Å². The maximum atomic E-state index is 12.2. The average molecular weight is 280 g/mol. The minimum absolute atomic E-state index is 0.0401. The van der Waals surface area contributed by atoms with Gasteiger partial charge >= 0.3 is 5.97 Å². The molecule has 2 heterocycles. The molecule has 110 valence electrons. The molecule has 0 spiro atoms. The lowest BCUT2D eigenvalue weighted by molar-refractivity contribution is -0.137.